The smallest absolute Gasteiger partial charge is 0.244 e. The highest BCUT2D eigenvalue weighted by Gasteiger charge is 2.15. The van der Waals surface area contributed by atoms with E-state index in [0.717, 1.165) is 6.54 Å². The lowest BCUT2D eigenvalue weighted by atomic mass is 10.2. The van der Waals surface area contributed by atoms with Gasteiger partial charge in [0.2, 0.25) is 5.91 Å². The summed E-state index contributed by atoms with van der Waals surface area (Å²) in [5.41, 5.74) is 5.63. The molecule has 17 heavy (non-hydrogen) atoms. The van der Waals surface area contributed by atoms with E-state index in [-0.39, 0.29) is 12.5 Å². The van der Waals surface area contributed by atoms with E-state index < -0.39 is 6.04 Å². The van der Waals surface area contributed by atoms with Crippen molar-refractivity contribution in [3.8, 4) is 0 Å². The Balaban J connectivity index is 2.62. The van der Waals surface area contributed by atoms with Gasteiger partial charge in [-0.1, -0.05) is 13.8 Å². The molecular formula is C11H20N4O2. The fraction of sp³-hybridized carbons (Fsp3) is 0.636. The molecule has 1 unspecified atom stereocenters. The maximum atomic E-state index is 11.7. The van der Waals surface area contributed by atoms with Crippen LogP contribution in [0.2, 0.25) is 0 Å². The Morgan fingerprint density at radius 3 is 2.94 bits per heavy atom. The van der Waals surface area contributed by atoms with Gasteiger partial charge in [0.15, 0.2) is 0 Å². The van der Waals surface area contributed by atoms with E-state index in [0.29, 0.717) is 11.7 Å². The zero-order valence-electron chi connectivity index (χ0n) is 10.5. The quantitative estimate of drug-likeness (QED) is 0.756. The molecule has 96 valence electrons. The highest BCUT2D eigenvalue weighted by atomic mass is 16.5. The highest BCUT2D eigenvalue weighted by Crippen LogP contribution is 2.09. The van der Waals surface area contributed by atoms with E-state index in [2.05, 4.69) is 24.3 Å². The van der Waals surface area contributed by atoms with Crippen LogP contribution >= 0.6 is 0 Å². The van der Waals surface area contributed by atoms with Crippen molar-refractivity contribution in [2.45, 2.75) is 26.4 Å². The Bertz CT molecular complexity index is 362. The zero-order chi connectivity index (χ0) is 12.8. The molecule has 0 radical (unpaired) electrons. The largest absolute Gasteiger partial charge is 0.383 e. The molecule has 0 fully saturated rings. The predicted octanol–water partition coefficient (Wildman–Crippen LogP) is 0.451. The highest BCUT2D eigenvalue weighted by molar-refractivity contribution is 5.94. The zero-order valence-corrected chi connectivity index (χ0v) is 10.5. The summed E-state index contributed by atoms with van der Waals surface area (Å²) in [5.74, 6) is 0.853. The van der Waals surface area contributed by atoms with Crippen LogP contribution < -0.4 is 11.1 Å². The van der Waals surface area contributed by atoms with Crippen LogP contribution in [0.25, 0.3) is 0 Å². The number of nitrogens with two attached hydrogens (primary N) is 1. The van der Waals surface area contributed by atoms with Crippen LogP contribution in [-0.4, -0.2) is 35.4 Å². The van der Waals surface area contributed by atoms with Crippen LogP contribution in [0, 0.1) is 5.92 Å². The molecule has 1 atom stereocenters. The minimum absolute atomic E-state index is 0.199. The van der Waals surface area contributed by atoms with Crippen molar-refractivity contribution in [2.24, 2.45) is 11.7 Å². The Labute approximate surface area is 101 Å². The molecule has 6 nitrogen and oxygen atoms in total. The standard InChI is InChI=1S/C11H20N4O2/c1-8(2)6-15-10(4-5-13-15)14-11(16)9(12)7-17-3/h4-5,8-9H,6-7,12H2,1-3H3,(H,14,16). The lowest BCUT2D eigenvalue weighted by Gasteiger charge is -2.13. The number of rotatable bonds is 6. The van der Waals surface area contributed by atoms with Crippen molar-refractivity contribution >= 4 is 11.7 Å². The fourth-order valence-corrected chi connectivity index (χ4v) is 1.40. The van der Waals surface area contributed by atoms with Gasteiger partial charge in [-0.2, -0.15) is 5.10 Å². The third kappa shape index (κ3) is 4.16. The van der Waals surface area contributed by atoms with Crippen molar-refractivity contribution in [1.82, 2.24) is 9.78 Å². The maximum absolute atomic E-state index is 11.7. The molecule has 3 N–H and O–H groups in total. The molecular weight excluding hydrogens is 220 g/mol. The Morgan fingerprint density at radius 1 is 1.65 bits per heavy atom. The van der Waals surface area contributed by atoms with Gasteiger partial charge in [-0.25, -0.2) is 4.68 Å². The van der Waals surface area contributed by atoms with Gasteiger partial charge >= 0.3 is 0 Å². The number of carbonyl (C=O) groups is 1. The van der Waals surface area contributed by atoms with Gasteiger partial charge in [-0.15, -0.1) is 0 Å². The number of amides is 1. The summed E-state index contributed by atoms with van der Waals surface area (Å²) in [6.45, 7) is 5.13. The van der Waals surface area contributed by atoms with E-state index in [9.17, 15) is 4.79 Å². The van der Waals surface area contributed by atoms with E-state index in [4.69, 9.17) is 10.5 Å². The van der Waals surface area contributed by atoms with Crippen LogP contribution in [0.5, 0.6) is 0 Å². The average molecular weight is 240 g/mol. The molecule has 0 spiro atoms. The van der Waals surface area contributed by atoms with Crippen LogP contribution in [0.4, 0.5) is 5.82 Å². The molecule has 1 rings (SSSR count). The molecule has 0 saturated carbocycles. The number of anilines is 1. The van der Waals surface area contributed by atoms with Gasteiger partial charge < -0.3 is 15.8 Å². The van der Waals surface area contributed by atoms with Gasteiger partial charge in [0.1, 0.15) is 11.9 Å². The van der Waals surface area contributed by atoms with E-state index in [1.54, 1.807) is 16.9 Å². The first kappa shape index (κ1) is 13.7. The summed E-state index contributed by atoms with van der Waals surface area (Å²) >= 11 is 0. The minimum Gasteiger partial charge on any atom is -0.383 e. The second-order valence-electron chi connectivity index (χ2n) is 4.34. The maximum Gasteiger partial charge on any atom is 0.244 e. The van der Waals surface area contributed by atoms with E-state index >= 15 is 0 Å². The summed E-state index contributed by atoms with van der Waals surface area (Å²) in [6, 6.07) is 1.09. The fourth-order valence-electron chi connectivity index (χ4n) is 1.40. The summed E-state index contributed by atoms with van der Waals surface area (Å²) in [6.07, 6.45) is 1.65. The monoisotopic (exact) mass is 240 g/mol. The van der Waals surface area contributed by atoms with Gasteiger partial charge in [0.05, 0.1) is 12.8 Å². The van der Waals surface area contributed by atoms with Crippen molar-refractivity contribution in [3.63, 3.8) is 0 Å². The SMILES string of the molecule is COCC(N)C(=O)Nc1ccnn1CC(C)C. The molecule has 0 bridgehead atoms. The van der Waals surface area contributed by atoms with Gasteiger partial charge in [-0.3, -0.25) is 4.79 Å². The molecule has 0 aliphatic heterocycles. The van der Waals surface area contributed by atoms with Crippen LogP contribution in [0.1, 0.15) is 13.8 Å². The van der Waals surface area contributed by atoms with Gasteiger partial charge in [0.25, 0.3) is 0 Å². The lowest BCUT2D eigenvalue weighted by Crippen LogP contribution is -2.39. The third-order valence-corrected chi connectivity index (χ3v) is 2.19. The van der Waals surface area contributed by atoms with Crippen molar-refractivity contribution in [2.75, 3.05) is 19.0 Å². The number of hydrogen-bond acceptors (Lipinski definition) is 4. The van der Waals surface area contributed by atoms with E-state index in [1.165, 1.54) is 7.11 Å². The molecule has 0 saturated heterocycles. The number of nitrogens with zero attached hydrogens (tertiary/aromatic N) is 2. The van der Waals surface area contributed by atoms with Crippen LogP contribution in [-0.2, 0) is 16.1 Å². The third-order valence-electron chi connectivity index (χ3n) is 2.19. The predicted molar refractivity (Wildman–Crippen MR) is 65.5 cm³/mol. The number of aromatic nitrogens is 2. The van der Waals surface area contributed by atoms with E-state index in [1.807, 2.05) is 0 Å². The van der Waals surface area contributed by atoms with Gasteiger partial charge in [-0.05, 0) is 5.92 Å². The Hall–Kier alpha value is -1.40. The number of ether oxygens (including phenoxy) is 1. The number of nitrogens with one attached hydrogen (secondary N) is 1. The molecule has 0 aromatic carbocycles. The lowest BCUT2D eigenvalue weighted by molar-refractivity contribution is -0.118. The van der Waals surface area contributed by atoms with Gasteiger partial charge in [0, 0.05) is 19.7 Å². The first-order valence-electron chi connectivity index (χ1n) is 5.61. The molecule has 0 aliphatic carbocycles. The first-order chi connectivity index (χ1) is 8.04. The summed E-state index contributed by atoms with van der Waals surface area (Å²) in [7, 11) is 1.51. The Morgan fingerprint density at radius 2 is 2.35 bits per heavy atom. The first-order valence-corrected chi connectivity index (χ1v) is 5.61. The second-order valence-corrected chi connectivity index (χ2v) is 4.34. The summed E-state index contributed by atoms with van der Waals surface area (Å²) in [5, 5.41) is 6.88. The van der Waals surface area contributed by atoms with Crippen LogP contribution in [0.15, 0.2) is 12.3 Å². The molecule has 1 aromatic heterocycles. The van der Waals surface area contributed by atoms with Crippen molar-refractivity contribution in [3.05, 3.63) is 12.3 Å². The van der Waals surface area contributed by atoms with Crippen LogP contribution in [0.3, 0.4) is 0 Å². The molecule has 1 heterocycles. The molecule has 1 aromatic rings. The topological polar surface area (TPSA) is 82.2 Å². The Kier molecular flexibility index (Phi) is 5.11. The number of hydrogen-bond donors (Lipinski definition) is 2. The van der Waals surface area contributed by atoms with Crippen molar-refractivity contribution in [1.29, 1.82) is 0 Å². The number of carbonyl (C=O) groups excluding carboxylic acids is 1. The minimum atomic E-state index is -0.664. The van der Waals surface area contributed by atoms with Crippen molar-refractivity contribution < 1.29 is 9.53 Å². The molecule has 6 heteroatoms. The number of methoxy groups -OCH3 is 1. The normalized spacial score (nSPS) is 12.8. The molecule has 1 amide bonds. The average Bonchev–Trinajstić information content (AvgIpc) is 2.65. The molecule has 0 aliphatic rings. The summed E-state index contributed by atoms with van der Waals surface area (Å²) in [4.78, 5) is 11.7. The summed E-state index contributed by atoms with van der Waals surface area (Å²) < 4.78 is 6.58. The second kappa shape index (κ2) is 6.36.